The first-order valence-electron chi connectivity index (χ1n) is 12.4. The highest BCUT2D eigenvalue weighted by atomic mass is 16.5. The van der Waals surface area contributed by atoms with Gasteiger partial charge in [0.25, 0.3) is 11.7 Å². The first-order valence-corrected chi connectivity index (χ1v) is 12.4. The standard InChI is InChI=1S/C30H28N4O4/c1-21-4-2-5-22(18-21)19-38-25-8-6-24(7-9-25)28(35)26-27(23-10-12-31-13-11-23)34(30(37)29(26)36)16-3-15-33-17-14-32-20-33/h2,4-14,17-18,20,27,35H,3,15-16,19H2,1H3/b28-26+/t27-/m0/s1. The van der Waals surface area contributed by atoms with E-state index in [1.165, 1.54) is 4.90 Å². The number of pyridine rings is 1. The molecule has 0 spiro atoms. The van der Waals surface area contributed by atoms with E-state index in [4.69, 9.17) is 4.74 Å². The van der Waals surface area contributed by atoms with E-state index < -0.39 is 17.7 Å². The third-order valence-corrected chi connectivity index (χ3v) is 6.55. The number of carbonyl (C=O) groups is 2. The number of hydrogen-bond donors (Lipinski definition) is 1. The number of Topliss-reactive ketones (excluding diaryl/α,β-unsaturated/α-hetero) is 1. The Balaban J connectivity index is 1.39. The molecule has 8 nitrogen and oxygen atoms in total. The molecular formula is C30H28N4O4. The molecular weight excluding hydrogens is 480 g/mol. The Kier molecular flexibility index (Phi) is 7.31. The molecule has 0 unspecified atom stereocenters. The molecule has 0 bridgehead atoms. The summed E-state index contributed by atoms with van der Waals surface area (Å²) >= 11 is 0. The van der Waals surface area contributed by atoms with Crippen LogP contribution in [0, 0.1) is 6.92 Å². The Morgan fingerprint density at radius 3 is 2.47 bits per heavy atom. The molecule has 0 radical (unpaired) electrons. The highest BCUT2D eigenvalue weighted by Crippen LogP contribution is 2.39. The maximum absolute atomic E-state index is 13.2. The first kappa shape index (κ1) is 25.0. The van der Waals surface area contributed by atoms with E-state index in [9.17, 15) is 14.7 Å². The fourth-order valence-corrected chi connectivity index (χ4v) is 4.68. The molecule has 5 rings (SSSR count). The maximum Gasteiger partial charge on any atom is 0.295 e. The van der Waals surface area contributed by atoms with Gasteiger partial charge in [-0.2, -0.15) is 0 Å². The summed E-state index contributed by atoms with van der Waals surface area (Å²) in [6.45, 7) is 3.44. The van der Waals surface area contributed by atoms with E-state index in [2.05, 4.69) is 16.0 Å². The van der Waals surface area contributed by atoms with Crippen LogP contribution in [0.1, 0.15) is 34.7 Å². The average Bonchev–Trinajstić information content (AvgIpc) is 3.55. The van der Waals surface area contributed by atoms with Gasteiger partial charge in [-0.3, -0.25) is 14.6 Å². The summed E-state index contributed by atoms with van der Waals surface area (Å²) in [5.74, 6) is -0.912. The summed E-state index contributed by atoms with van der Waals surface area (Å²) in [5.41, 5.74) is 3.43. The van der Waals surface area contributed by atoms with Crippen LogP contribution in [-0.4, -0.2) is 42.8 Å². The molecule has 1 atom stereocenters. The van der Waals surface area contributed by atoms with Crippen molar-refractivity contribution in [3.8, 4) is 5.75 Å². The molecule has 192 valence electrons. The number of likely N-dealkylation sites (tertiary alicyclic amines) is 1. The lowest BCUT2D eigenvalue weighted by atomic mass is 9.96. The Bertz CT molecular complexity index is 1450. The molecule has 8 heteroatoms. The minimum atomic E-state index is -0.710. The van der Waals surface area contributed by atoms with Crippen LogP contribution in [0.25, 0.3) is 5.76 Å². The topological polar surface area (TPSA) is 97.6 Å². The molecule has 0 saturated carbocycles. The predicted octanol–water partition coefficient (Wildman–Crippen LogP) is 4.68. The normalized spacial score (nSPS) is 16.7. The Morgan fingerprint density at radius 2 is 1.76 bits per heavy atom. The van der Waals surface area contributed by atoms with Gasteiger partial charge >= 0.3 is 0 Å². The van der Waals surface area contributed by atoms with Crippen molar-refractivity contribution in [3.63, 3.8) is 0 Å². The largest absolute Gasteiger partial charge is 0.507 e. The minimum Gasteiger partial charge on any atom is -0.507 e. The van der Waals surface area contributed by atoms with Gasteiger partial charge in [0.15, 0.2) is 0 Å². The van der Waals surface area contributed by atoms with Crippen LogP contribution in [0.2, 0.25) is 0 Å². The summed E-state index contributed by atoms with van der Waals surface area (Å²) in [6.07, 6.45) is 9.11. The lowest BCUT2D eigenvalue weighted by Crippen LogP contribution is -2.31. The van der Waals surface area contributed by atoms with Crippen LogP contribution in [0.4, 0.5) is 0 Å². The quantitative estimate of drug-likeness (QED) is 0.200. The van der Waals surface area contributed by atoms with Crippen molar-refractivity contribution in [2.45, 2.75) is 32.5 Å². The average molecular weight is 509 g/mol. The van der Waals surface area contributed by atoms with Crippen molar-refractivity contribution >= 4 is 17.4 Å². The number of benzene rings is 2. The highest BCUT2D eigenvalue weighted by molar-refractivity contribution is 6.46. The number of imidazole rings is 1. The molecule has 1 N–H and O–H groups in total. The van der Waals surface area contributed by atoms with Gasteiger partial charge in [-0.1, -0.05) is 29.8 Å². The monoisotopic (exact) mass is 508 g/mol. The van der Waals surface area contributed by atoms with Crippen molar-refractivity contribution in [2.24, 2.45) is 0 Å². The van der Waals surface area contributed by atoms with Crippen molar-refractivity contribution in [1.82, 2.24) is 19.4 Å². The van der Waals surface area contributed by atoms with Gasteiger partial charge in [-0.15, -0.1) is 0 Å². The highest BCUT2D eigenvalue weighted by Gasteiger charge is 2.45. The summed E-state index contributed by atoms with van der Waals surface area (Å²) in [6, 6.07) is 17.8. The molecule has 3 heterocycles. The number of ketones is 1. The molecule has 38 heavy (non-hydrogen) atoms. The van der Waals surface area contributed by atoms with E-state index in [0.717, 1.165) is 11.1 Å². The predicted molar refractivity (Wildman–Crippen MR) is 142 cm³/mol. The number of aliphatic hydroxyl groups is 1. The van der Waals surface area contributed by atoms with Gasteiger partial charge in [-0.05, 0) is 60.9 Å². The van der Waals surface area contributed by atoms with Crippen molar-refractivity contribution in [3.05, 3.63) is 120 Å². The molecule has 4 aromatic rings. The molecule has 1 fully saturated rings. The van der Waals surface area contributed by atoms with Crippen molar-refractivity contribution in [2.75, 3.05) is 6.54 Å². The Labute approximate surface area is 220 Å². The molecule has 2 aromatic heterocycles. The van der Waals surface area contributed by atoms with Crippen molar-refractivity contribution < 1.29 is 19.4 Å². The van der Waals surface area contributed by atoms with Crippen LogP contribution >= 0.6 is 0 Å². The summed E-state index contributed by atoms with van der Waals surface area (Å²) < 4.78 is 7.80. The summed E-state index contributed by atoms with van der Waals surface area (Å²) in [4.78, 5) is 35.9. The van der Waals surface area contributed by atoms with Gasteiger partial charge in [0.2, 0.25) is 0 Å². The van der Waals surface area contributed by atoms with E-state index in [0.29, 0.717) is 43.0 Å². The third kappa shape index (κ3) is 5.34. The van der Waals surface area contributed by atoms with E-state index >= 15 is 0 Å². The fraction of sp³-hybridized carbons (Fsp3) is 0.200. The number of rotatable bonds is 9. The fourth-order valence-electron chi connectivity index (χ4n) is 4.68. The zero-order chi connectivity index (χ0) is 26.5. The minimum absolute atomic E-state index is 0.0669. The van der Waals surface area contributed by atoms with E-state index in [1.807, 2.05) is 35.9 Å². The lowest BCUT2D eigenvalue weighted by molar-refractivity contribution is -0.139. The van der Waals surface area contributed by atoms with E-state index in [1.54, 1.807) is 61.3 Å². The van der Waals surface area contributed by atoms with Gasteiger partial charge < -0.3 is 19.3 Å². The summed E-state index contributed by atoms with van der Waals surface area (Å²) in [7, 11) is 0. The van der Waals surface area contributed by atoms with Gasteiger partial charge in [0.1, 0.15) is 18.1 Å². The van der Waals surface area contributed by atoms with Gasteiger partial charge in [-0.25, -0.2) is 4.98 Å². The lowest BCUT2D eigenvalue weighted by Gasteiger charge is -2.25. The third-order valence-electron chi connectivity index (χ3n) is 6.55. The van der Waals surface area contributed by atoms with Crippen LogP contribution in [0.5, 0.6) is 5.75 Å². The van der Waals surface area contributed by atoms with Gasteiger partial charge in [0.05, 0.1) is 17.9 Å². The first-order chi connectivity index (χ1) is 18.5. The molecule has 1 amide bonds. The second-order valence-corrected chi connectivity index (χ2v) is 9.23. The second kappa shape index (κ2) is 11.1. The number of aliphatic hydroxyl groups excluding tert-OH is 1. The Morgan fingerprint density at radius 1 is 0.974 bits per heavy atom. The molecule has 2 aromatic carbocycles. The van der Waals surface area contributed by atoms with Crippen LogP contribution in [0.3, 0.4) is 0 Å². The zero-order valence-corrected chi connectivity index (χ0v) is 21.0. The molecule has 0 aliphatic carbocycles. The van der Waals surface area contributed by atoms with Gasteiger partial charge in [0, 0.05) is 43.4 Å². The number of aromatic nitrogens is 3. The zero-order valence-electron chi connectivity index (χ0n) is 21.0. The second-order valence-electron chi connectivity index (χ2n) is 9.23. The Hall–Kier alpha value is -4.72. The maximum atomic E-state index is 13.2. The molecule has 1 aliphatic rings. The SMILES string of the molecule is Cc1cccc(COc2ccc(/C(O)=C3\C(=O)C(=O)N(CCCn4ccnc4)[C@H]3c3ccncc3)cc2)c1. The number of ether oxygens (including phenoxy) is 1. The van der Waals surface area contributed by atoms with Crippen LogP contribution in [0.15, 0.2) is 97.4 Å². The molecule has 1 saturated heterocycles. The van der Waals surface area contributed by atoms with E-state index in [-0.39, 0.29) is 11.3 Å². The number of amides is 1. The van der Waals surface area contributed by atoms with Crippen LogP contribution < -0.4 is 4.74 Å². The number of carbonyl (C=O) groups excluding carboxylic acids is 2. The number of nitrogens with zero attached hydrogens (tertiary/aromatic N) is 4. The van der Waals surface area contributed by atoms with Crippen molar-refractivity contribution in [1.29, 1.82) is 0 Å². The summed E-state index contributed by atoms with van der Waals surface area (Å²) in [5, 5.41) is 11.3. The van der Waals surface area contributed by atoms with Crippen LogP contribution in [-0.2, 0) is 22.7 Å². The smallest absolute Gasteiger partial charge is 0.295 e. The number of aryl methyl sites for hydroxylation is 2. The molecule has 1 aliphatic heterocycles. The number of hydrogen-bond acceptors (Lipinski definition) is 6.